The van der Waals surface area contributed by atoms with Crippen molar-refractivity contribution in [2.45, 2.75) is 51.5 Å². The number of carbonyl (C=O) groups is 2. The lowest BCUT2D eigenvalue weighted by Gasteiger charge is -2.23. The number of primary amides is 1. The summed E-state index contributed by atoms with van der Waals surface area (Å²) in [7, 11) is 0. The van der Waals surface area contributed by atoms with Crippen molar-refractivity contribution in [2.24, 2.45) is 11.7 Å². The smallest absolute Gasteiger partial charge is 0.222 e. The van der Waals surface area contributed by atoms with Crippen molar-refractivity contribution in [3.05, 3.63) is 35.9 Å². The molecule has 120 valence electrons. The van der Waals surface area contributed by atoms with Gasteiger partial charge < -0.3 is 10.6 Å². The first kappa shape index (κ1) is 16.5. The number of nitrogens with two attached hydrogens (primary N) is 1. The van der Waals surface area contributed by atoms with Crippen LogP contribution in [-0.2, 0) is 16.1 Å². The standard InChI is InChI=1S/C18H26N2O2/c19-17(21)12-13-20(14-16-8-2-1-3-9-16)18(22)11-10-15-6-4-5-7-15/h1-3,8-9,15H,4-7,10-14H2,(H2,19,21). The van der Waals surface area contributed by atoms with Gasteiger partial charge in [0.25, 0.3) is 0 Å². The highest BCUT2D eigenvalue weighted by Gasteiger charge is 2.19. The van der Waals surface area contributed by atoms with Gasteiger partial charge in [0.15, 0.2) is 0 Å². The van der Waals surface area contributed by atoms with E-state index in [2.05, 4.69) is 0 Å². The Morgan fingerprint density at radius 1 is 1.09 bits per heavy atom. The van der Waals surface area contributed by atoms with Crippen LogP contribution in [0.3, 0.4) is 0 Å². The topological polar surface area (TPSA) is 63.4 Å². The number of nitrogens with zero attached hydrogens (tertiary/aromatic N) is 1. The Hall–Kier alpha value is -1.84. The lowest BCUT2D eigenvalue weighted by Crippen LogP contribution is -2.33. The summed E-state index contributed by atoms with van der Waals surface area (Å²) in [5, 5.41) is 0. The van der Waals surface area contributed by atoms with Gasteiger partial charge >= 0.3 is 0 Å². The van der Waals surface area contributed by atoms with Gasteiger partial charge in [-0.1, -0.05) is 56.0 Å². The van der Waals surface area contributed by atoms with E-state index in [9.17, 15) is 9.59 Å². The second-order valence-electron chi connectivity index (χ2n) is 6.21. The van der Waals surface area contributed by atoms with Gasteiger partial charge in [-0.3, -0.25) is 9.59 Å². The Labute approximate surface area is 132 Å². The van der Waals surface area contributed by atoms with Crippen LogP contribution in [0, 0.1) is 5.92 Å². The van der Waals surface area contributed by atoms with Gasteiger partial charge in [0.1, 0.15) is 0 Å². The molecule has 4 nitrogen and oxygen atoms in total. The number of rotatable bonds is 8. The lowest BCUT2D eigenvalue weighted by atomic mass is 10.0. The Morgan fingerprint density at radius 2 is 1.77 bits per heavy atom. The number of amides is 2. The summed E-state index contributed by atoms with van der Waals surface area (Å²) in [5.41, 5.74) is 6.32. The van der Waals surface area contributed by atoms with Crippen molar-refractivity contribution in [1.82, 2.24) is 4.90 Å². The summed E-state index contributed by atoms with van der Waals surface area (Å²) in [6.07, 6.45) is 6.89. The molecular formula is C18H26N2O2. The van der Waals surface area contributed by atoms with Crippen molar-refractivity contribution in [3.63, 3.8) is 0 Å². The van der Waals surface area contributed by atoms with E-state index < -0.39 is 0 Å². The Bertz CT molecular complexity index is 481. The minimum absolute atomic E-state index is 0.136. The first-order valence-corrected chi connectivity index (χ1v) is 8.25. The SMILES string of the molecule is NC(=O)CCN(Cc1ccccc1)C(=O)CCC1CCCC1. The van der Waals surface area contributed by atoms with Gasteiger partial charge in [-0.15, -0.1) is 0 Å². The van der Waals surface area contributed by atoms with Crippen LogP contribution in [0.2, 0.25) is 0 Å². The average molecular weight is 302 g/mol. The van der Waals surface area contributed by atoms with E-state index in [4.69, 9.17) is 5.73 Å². The van der Waals surface area contributed by atoms with E-state index in [-0.39, 0.29) is 18.2 Å². The van der Waals surface area contributed by atoms with Crippen LogP contribution in [0.25, 0.3) is 0 Å². The minimum atomic E-state index is -0.360. The molecule has 0 atom stereocenters. The van der Waals surface area contributed by atoms with E-state index >= 15 is 0 Å². The first-order chi connectivity index (χ1) is 10.6. The van der Waals surface area contributed by atoms with Crippen molar-refractivity contribution in [1.29, 1.82) is 0 Å². The monoisotopic (exact) mass is 302 g/mol. The largest absolute Gasteiger partial charge is 0.370 e. The van der Waals surface area contributed by atoms with Crippen LogP contribution >= 0.6 is 0 Å². The summed E-state index contributed by atoms with van der Waals surface area (Å²) in [6, 6.07) is 9.89. The summed E-state index contributed by atoms with van der Waals surface area (Å²) >= 11 is 0. The Kier molecular flexibility index (Phi) is 6.44. The third-order valence-corrected chi connectivity index (χ3v) is 4.44. The fourth-order valence-corrected chi connectivity index (χ4v) is 3.13. The molecule has 0 aromatic heterocycles. The van der Waals surface area contributed by atoms with Gasteiger partial charge in [-0.25, -0.2) is 0 Å². The van der Waals surface area contributed by atoms with Crippen molar-refractivity contribution in [3.8, 4) is 0 Å². The maximum atomic E-state index is 12.5. The molecule has 1 aromatic carbocycles. The maximum absolute atomic E-state index is 12.5. The second kappa shape index (κ2) is 8.57. The summed E-state index contributed by atoms with van der Waals surface area (Å²) in [4.78, 5) is 25.3. The lowest BCUT2D eigenvalue weighted by molar-refractivity contribution is -0.132. The Balaban J connectivity index is 1.89. The van der Waals surface area contributed by atoms with E-state index in [0.29, 0.717) is 25.4 Å². The molecule has 2 amide bonds. The molecule has 0 bridgehead atoms. The van der Waals surface area contributed by atoms with Crippen molar-refractivity contribution >= 4 is 11.8 Å². The third-order valence-electron chi connectivity index (χ3n) is 4.44. The maximum Gasteiger partial charge on any atom is 0.222 e. The molecule has 0 aliphatic heterocycles. The fraction of sp³-hybridized carbons (Fsp3) is 0.556. The summed E-state index contributed by atoms with van der Waals surface area (Å²) in [5.74, 6) is 0.484. The average Bonchev–Trinajstić information content (AvgIpc) is 3.03. The van der Waals surface area contributed by atoms with Gasteiger partial charge in [0.05, 0.1) is 0 Å². The highest BCUT2D eigenvalue weighted by atomic mass is 16.2. The first-order valence-electron chi connectivity index (χ1n) is 8.25. The second-order valence-corrected chi connectivity index (χ2v) is 6.21. The third kappa shape index (κ3) is 5.51. The fourth-order valence-electron chi connectivity index (χ4n) is 3.13. The summed E-state index contributed by atoms with van der Waals surface area (Å²) in [6.45, 7) is 0.964. The predicted molar refractivity (Wildman–Crippen MR) is 86.9 cm³/mol. The minimum Gasteiger partial charge on any atom is -0.370 e. The zero-order chi connectivity index (χ0) is 15.8. The molecule has 0 saturated heterocycles. The zero-order valence-electron chi connectivity index (χ0n) is 13.2. The van der Waals surface area contributed by atoms with Crippen LogP contribution in [0.15, 0.2) is 30.3 Å². The van der Waals surface area contributed by atoms with Gasteiger partial charge in [0.2, 0.25) is 11.8 Å². The highest BCUT2D eigenvalue weighted by molar-refractivity contribution is 5.78. The van der Waals surface area contributed by atoms with E-state index in [0.717, 1.165) is 12.0 Å². The molecule has 1 aliphatic carbocycles. The quantitative estimate of drug-likeness (QED) is 0.802. The van der Waals surface area contributed by atoms with Gasteiger partial charge in [0, 0.05) is 25.9 Å². The molecule has 1 fully saturated rings. The van der Waals surface area contributed by atoms with E-state index in [1.54, 1.807) is 4.90 Å². The highest BCUT2D eigenvalue weighted by Crippen LogP contribution is 2.28. The predicted octanol–water partition coefficient (Wildman–Crippen LogP) is 2.86. The molecule has 0 heterocycles. The molecule has 4 heteroatoms. The molecule has 2 N–H and O–H groups in total. The van der Waals surface area contributed by atoms with Gasteiger partial charge in [-0.2, -0.15) is 0 Å². The van der Waals surface area contributed by atoms with E-state index in [1.165, 1.54) is 25.7 Å². The zero-order valence-corrected chi connectivity index (χ0v) is 13.2. The van der Waals surface area contributed by atoms with Gasteiger partial charge in [-0.05, 0) is 17.9 Å². The van der Waals surface area contributed by atoms with Crippen LogP contribution < -0.4 is 5.73 Å². The number of benzene rings is 1. The number of hydrogen-bond acceptors (Lipinski definition) is 2. The van der Waals surface area contributed by atoms with Crippen molar-refractivity contribution in [2.75, 3.05) is 6.54 Å². The molecule has 0 radical (unpaired) electrons. The molecule has 1 saturated carbocycles. The molecular weight excluding hydrogens is 276 g/mol. The molecule has 1 aliphatic rings. The van der Waals surface area contributed by atoms with Crippen molar-refractivity contribution < 1.29 is 9.59 Å². The molecule has 0 spiro atoms. The molecule has 22 heavy (non-hydrogen) atoms. The summed E-state index contributed by atoms with van der Waals surface area (Å²) < 4.78 is 0. The number of carbonyl (C=O) groups excluding carboxylic acids is 2. The Morgan fingerprint density at radius 3 is 2.41 bits per heavy atom. The van der Waals surface area contributed by atoms with E-state index in [1.807, 2.05) is 30.3 Å². The van der Waals surface area contributed by atoms with Crippen LogP contribution in [-0.4, -0.2) is 23.3 Å². The molecule has 0 unspecified atom stereocenters. The number of hydrogen-bond donors (Lipinski definition) is 1. The normalized spacial score (nSPS) is 14.9. The molecule has 1 aromatic rings. The van der Waals surface area contributed by atoms with Crippen LogP contribution in [0.5, 0.6) is 0 Å². The van der Waals surface area contributed by atoms with Crippen LogP contribution in [0.1, 0.15) is 50.5 Å². The molecule has 2 rings (SSSR count). The van der Waals surface area contributed by atoms with Crippen LogP contribution in [0.4, 0.5) is 0 Å².